The summed E-state index contributed by atoms with van der Waals surface area (Å²) in [6.45, 7) is 3.01. The zero-order valence-electron chi connectivity index (χ0n) is 15.0. The van der Waals surface area contributed by atoms with E-state index in [4.69, 9.17) is 9.47 Å². The summed E-state index contributed by atoms with van der Waals surface area (Å²) in [4.78, 5) is 11.6. The number of carboxylic acids is 1. The molecule has 0 atom stereocenters. The maximum absolute atomic E-state index is 11.6. The van der Waals surface area contributed by atoms with E-state index >= 15 is 0 Å². The van der Waals surface area contributed by atoms with Gasteiger partial charge in [0.05, 0.1) is 6.61 Å². The Labute approximate surface area is 154 Å². The number of ether oxygens (including phenoxy) is 2. The van der Waals surface area contributed by atoms with Crippen LogP contribution in [0.25, 0.3) is 5.57 Å². The van der Waals surface area contributed by atoms with Crippen LogP contribution in [-0.2, 0) is 22.6 Å². The average molecular weight is 352 g/mol. The molecule has 1 aliphatic carbocycles. The van der Waals surface area contributed by atoms with E-state index in [1.807, 2.05) is 48.5 Å². The Bertz CT molecular complexity index is 793. The molecular formula is C22H24O4. The summed E-state index contributed by atoms with van der Waals surface area (Å²) < 4.78 is 11.4. The van der Waals surface area contributed by atoms with E-state index in [9.17, 15) is 9.90 Å². The molecule has 0 unspecified atom stereocenters. The van der Waals surface area contributed by atoms with Gasteiger partial charge >= 0.3 is 5.97 Å². The van der Waals surface area contributed by atoms with Crippen LogP contribution in [0.15, 0.2) is 54.3 Å². The van der Waals surface area contributed by atoms with E-state index in [1.54, 1.807) is 0 Å². The molecule has 0 saturated heterocycles. The van der Waals surface area contributed by atoms with Crippen molar-refractivity contribution in [1.82, 2.24) is 0 Å². The van der Waals surface area contributed by atoms with Crippen LogP contribution in [0.3, 0.4) is 0 Å². The number of unbranched alkanes of at least 4 members (excludes halogenated alkanes) is 1. The zero-order valence-corrected chi connectivity index (χ0v) is 15.0. The van der Waals surface area contributed by atoms with Crippen LogP contribution in [0.2, 0.25) is 0 Å². The number of aryl methyl sites for hydroxylation is 1. The van der Waals surface area contributed by atoms with Crippen molar-refractivity contribution in [3.63, 3.8) is 0 Å². The van der Waals surface area contributed by atoms with Crippen molar-refractivity contribution in [2.75, 3.05) is 6.61 Å². The summed E-state index contributed by atoms with van der Waals surface area (Å²) in [5, 5.41) is 9.52. The van der Waals surface area contributed by atoms with Crippen LogP contribution in [0.5, 0.6) is 5.75 Å². The molecule has 0 amide bonds. The number of rotatable bonds is 8. The number of aliphatic carboxylic acids is 1. The van der Waals surface area contributed by atoms with Gasteiger partial charge in [-0.3, -0.25) is 0 Å². The summed E-state index contributed by atoms with van der Waals surface area (Å²) in [5.41, 5.74) is 3.98. The van der Waals surface area contributed by atoms with Gasteiger partial charge in [-0.05, 0) is 48.1 Å². The minimum absolute atomic E-state index is 0.0927. The second-order valence-electron chi connectivity index (χ2n) is 6.41. The number of carboxylic acid groups (broad SMARTS) is 1. The lowest BCUT2D eigenvalue weighted by molar-refractivity contribution is -0.136. The first-order valence-electron chi connectivity index (χ1n) is 9.08. The Kier molecular flexibility index (Phi) is 5.95. The minimum atomic E-state index is -0.992. The van der Waals surface area contributed by atoms with E-state index in [-0.39, 0.29) is 5.76 Å². The molecule has 0 aliphatic heterocycles. The molecule has 4 nitrogen and oxygen atoms in total. The molecule has 3 rings (SSSR count). The summed E-state index contributed by atoms with van der Waals surface area (Å²) in [6.07, 6.45) is 3.32. The van der Waals surface area contributed by atoms with E-state index in [2.05, 4.69) is 6.92 Å². The molecule has 0 spiro atoms. The number of benzene rings is 2. The predicted molar refractivity (Wildman–Crippen MR) is 101 cm³/mol. The lowest BCUT2D eigenvalue weighted by Crippen LogP contribution is -2.08. The first kappa shape index (κ1) is 18.1. The van der Waals surface area contributed by atoms with Gasteiger partial charge in [0.15, 0.2) is 0 Å². The first-order valence-corrected chi connectivity index (χ1v) is 9.08. The lowest BCUT2D eigenvalue weighted by atomic mass is 10.1. The van der Waals surface area contributed by atoms with E-state index in [0.29, 0.717) is 19.6 Å². The summed E-state index contributed by atoms with van der Waals surface area (Å²) in [7, 11) is 0. The zero-order chi connectivity index (χ0) is 18.4. The predicted octanol–water partition coefficient (Wildman–Crippen LogP) is 4.82. The quantitative estimate of drug-likeness (QED) is 0.420. The van der Waals surface area contributed by atoms with Crippen molar-refractivity contribution >= 4 is 11.5 Å². The van der Waals surface area contributed by atoms with E-state index < -0.39 is 5.97 Å². The second-order valence-corrected chi connectivity index (χ2v) is 6.41. The van der Waals surface area contributed by atoms with Crippen molar-refractivity contribution in [3.05, 3.63) is 71.0 Å². The maximum Gasteiger partial charge on any atom is 0.371 e. The molecular weight excluding hydrogens is 328 g/mol. The Hall–Kier alpha value is -2.75. The summed E-state index contributed by atoms with van der Waals surface area (Å²) >= 11 is 0. The molecule has 0 bridgehead atoms. The Balaban J connectivity index is 1.76. The number of hydrogen-bond donors (Lipinski definition) is 1. The van der Waals surface area contributed by atoms with Crippen molar-refractivity contribution in [1.29, 1.82) is 0 Å². The van der Waals surface area contributed by atoms with Gasteiger partial charge in [0, 0.05) is 5.57 Å². The van der Waals surface area contributed by atoms with Gasteiger partial charge in [-0.15, -0.1) is 0 Å². The van der Waals surface area contributed by atoms with Crippen molar-refractivity contribution in [2.45, 2.75) is 39.2 Å². The third-order valence-electron chi connectivity index (χ3n) is 4.51. The topological polar surface area (TPSA) is 55.8 Å². The summed E-state index contributed by atoms with van der Waals surface area (Å²) in [5.74, 6) is -0.0962. The number of allylic oxidation sites excluding steroid dienone is 1. The SMILES string of the molecule is CCCCOC(C(=O)O)=C1CCc2cc(OCc3ccccc3)ccc21. The number of carbonyl (C=O) groups is 1. The fraction of sp³-hybridized carbons (Fsp3) is 0.318. The molecule has 0 saturated carbocycles. The fourth-order valence-electron chi connectivity index (χ4n) is 3.13. The smallest absolute Gasteiger partial charge is 0.371 e. The van der Waals surface area contributed by atoms with Crippen molar-refractivity contribution in [3.8, 4) is 5.75 Å². The molecule has 0 heterocycles. The third kappa shape index (κ3) is 4.26. The number of hydrogen-bond acceptors (Lipinski definition) is 3. The third-order valence-corrected chi connectivity index (χ3v) is 4.51. The Morgan fingerprint density at radius 3 is 2.65 bits per heavy atom. The molecule has 0 fully saturated rings. The molecule has 1 aliphatic rings. The first-order chi connectivity index (χ1) is 12.7. The maximum atomic E-state index is 11.6. The van der Waals surface area contributed by atoms with Crippen LogP contribution in [0.4, 0.5) is 0 Å². The normalized spacial score (nSPS) is 14.7. The van der Waals surface area contributed by atoms with Gasteiger partial charge in [-0.25, -0.2) is 4.79 Å². The monoisotopic (exact) mass is 352 g/mol. The molecule has 0 aromatic heterocycles. The average Bonchev–Trinajstić information content (AvgIpc) is 3.07. The van der Waals surface area contributed by atoms with Crippen LogP contribution >= 0.6 is 0 Å². The van der Waals surface area contributed by atoms with Gasteiger partial charge in [0.2, 0.25) is 5.76 Å². The highest BCUT2D eigenvalue weighted by molar-refractivity contribution is 5.95. The molecule has 2 aromatic carbocycles. The van der Waals surface area contributed by atoms with Gasteiger partial charge in [0.25, 0.3) is 0 Å². The van der Waals surface area contributed by atoms with Crippen LogP contribution in [0, 0.1) is 0 Å². The number of fused-ring (bicyclic) bond motifs is 1. The van der Waals surface area contributed by atoms with Crippen molar-refractivity contribution < 1.29 is 19.4 Å². The Morgan fingerprint density at radius 1 is 1.12 bits per heavy atom. The van der Waals surface area contributed by atoms with Crippen molar-refractivity contribution in [2.24, 2.45) is 0 Å². The van der Waals surface area contributed by atoms with Crippen LogP contribution in [0.1, 0.15) is 42.9 Å². The Morgan fingerprint density at radius 2 is 1.92 bits per heavy atom. The van der Waals surface area contributed by atoms with Gasteiger partial charge in [0.1, 0.15) is 12.4 Å². The lowest BCUT2D eigenvalue weighted by Gasteiger charge is -2.11. The van der Waals surface area contributed by atoms with E-state index in [1.165, 1.54) is 0 Å². The molecule has 2 aromatic rings. The molecule has 4 heteroatoms. The second kappa shape index (κ2) is 8.56. The molecule has 26 heavy (non-hydrogen) atoms. The van der Waals surface area contributed by atoms with Gasteiger partial charge in [-0.2, -0.15) is 0 Å². The van der Waals surface area contributed by atoms with Gasteiger partial charge < -0.3 is 14.6 Å². The minimum Gasteiger partial charge on any atom is -0.489 e. The molecule has 136 valence electrons. The highest BCUT2D eigenvalue weighted by atomic mass is 16.5. The molecule has 0 radical (unpaired) electrons. The summed E-state index contributed by atoms with van der Waals surface area (Å²) in [6, 6.07) is 15.9. The van der Waals surface area contributed by atoms with Crippen LogP contribution in [-0.4, -0.2) is 17.7 Å². The standard InChI is InChI=1S/C22H24O4/c1-2-3-13-25-21(22(23)24)20-11-9-17-14-18(10-12-19(17)20)26-15-16-7-5-4-6-8-16/h4-8,10,12,14H,2-3,9,11,13,15H2,1H3,(H,23,24). The highest BCUT2D eigenvalue weighted by Gasteiger charge is 2.25. The molecule has 1 N–H and O–H groups in total. The van der Waals surface area contributed by atoms with Gasteiger partial charge in [-0.1, -0.05) is 49.7 Å². The van der Waals surface area contributed by atoms with Crippen LogP contribution < -0.4 is 4.74 Å². The highest BCUT2D eigenvalue weighted by Crippen LogP contribution is 2.37. The largest absolute Gasteiger partial charge is 0.489 e. The fourth-order valence-corrected chi connectivity index (χ4v) is 3.13. The van der Waals surface area contributed by atoms with E-state index in [0.717, 1.165) is 47.3 Å².